The van der Waals surface area contributed by atoms with E-state index in [0.29, 0.717) is 17.0 Å². The Morgan fingerprint density at radius 3 is 3.08 bits per heavy atom. The normalized spacial score (nSPS) is 9.08. The number of nitrogens with one attached hydrogen (secondary N) is 1. The molecule has 0 aliphatic heterocycles. The molecule has 0 unspecified atom stereocenters. The van der Waals surface area contributed by atoms with Crippen molar-refractivity contribution in [1.82, 2.24) is 4.98 Å². The minimum Gasteiger partial charge on any atom is -0.327 e. The van der Waals surface area contributed by atoms with Crippen molar-refractivity contribution < 1.29 is 0 Å². The summed E-state index contributed by atoms with van der Waals surface area (Å²) in [6.07, 6.45) is 2.16. The highest BCUT2D eigenvalue weighted by molar-refractivity contribution is 9.09. The van der Waals surface area contributed by atoms with Crippen molar-refractivity contribution in [2.45, 2.75) is 6.42 Å². The summed E-state index contributed by atoms with van der Waals surface area (Å²) in [5.74, 6) is 5.59. The highest BCUT2D eigenvalue weighted by atomic mass is 79.9. The summed E-state index contributed by atoms with van der Waals surface area (Å²) < 4.78 is 0. The summed E-state index contributed by atoms with van der Waals surface area (Å²) >= 11 is 8.92. The molecule has 2 nitrogen and oxygen atoms in total. The fourth-order valence-electron chi connectivity index (χ4n) is 0.755. The summed E-state index contributed by atoms with van der Waals surface area (Å²) in [5, 5.41) is 1.29. The molecule has 0 fully saturated rings. The number of aromatic amines is 1. The molecule has 13 heavy (non-hydrogen) atoms. The lowest BCUT2D eigenvalue weighted by Gasteiger charge is -1.89. The van der Waals surface area contributed by atoms with E-state index in [1.54, 1.807) is 6.07 Å². The van der Waals surface area contributed by atoms with Gasteiger partial charge in [0.05, 0.1) is 10.6 Å². The maximum atomic E-state index is 11.1. The molecule has 0 aromatic carbocycles. The molecule has 0 aliphatic carbocycles. The molecule has 0 spiro atoms. The Labute approximate surface area is 89.4 Å². The van der Waals surface area contributed by atoms with Gasteiger partial charge in [0.1, 0.15) is 0 Å². The van der Waals surface area contributed by atoms with Gasteiger partial charge in [-0.2, -0.15) is 0 Å². The zero-order valence-electron chi connectivity index (χ0n) is 6.73. The first kappa shape index (κ1) is 10.4. The first-order valence-electron chi connectivity index (χ1n) is 3.67. The van der Waals surface area contributed by atoms with Crippen LogP contribution in [-0.4, -0.2) is 10.3 Å². The second-order valence-corrected chi connectivity index (χ2v) is 3.53. The van der Waals surface area contributed by atoms with Crippen LogP contribution in [0.15, 0.2) is 17.1 Å². The SMILES string of the molecule is O=c1[nH]cc(Cl)cc1C#CCCBr. The molecule has 1 rings (SSSR count). The molecule has 0 amide bonds. The second kappa shape index (κ2) is 5.11. The molecule has 1 aromatic heterocycles. The fourth-order valence-corrected chi connectivity index (χ4v) is 1.12. The molecular weight excluding hydrogens is 253 g/mol. The van der Waals surface area contributed by atoms with Gasteiger partial charge in [-0.3, -0.25) is 4.79 Å². The van der Waals surface area contributed by atoms with Crippen LogP contribution in [0.5, 0.6) is 0 Å². The Hall–Kier alpha value is -0.720. The third-order valence-corrected chi connectivity index (χ3v) is 1.93. The standard InChI is InChI=1S/C9H7BrClNO/c10-4-2-1-3-7-5-8(11)6-12-9(7)13/h5-6H,2,4H2,(H,12,13). The fraction of sp³-hybridized carbons (Fsp3) is 0.222. The number of hydrogen-bond donors (Lipinski definition) is 1. The summed E-state index contributed by atoms with van der Waals surface area (Å²) in [4.78, 5) is 13.6. The van der Waals surface area contributed by atoms with Crippen LogP contribution >= 0.6 is 27.5 Å². The molecule has 0 radical (unpaired) electrons. The molecule has 1 heterocycles. The number of alkyl halides is 1. The van der Waals surface area contributed by atoms with E-state index >= 15 is 0 Å². The average Bonchev–Trinajstić information content (AvgIpc) is 2.11. The van der Waals surface area contributed by atoms with Crippen molar-refractivity contribution in [3.05, 3.63) is 33.2 Å². The van der Waals surface area contributed by atoms with Crippen molar-refractivity contribution in [1.29, 1.82) is 0 Å². The molecule has 4 heteroatoms. The lowest BCUT2D eigenvalue weighted by atomic mass is 10.3. The minimum absolute atomic E-state index is 0.202. The van der Waals surface area contributed by atoms with E-state index in [9.17, 15) is 4.79 Å². The summed E-state index contributed by atoms with van der Waals surface area (Å²) in [6.45, 7) is 0. The lowest BCUT2D eigenvalue weighted by molar-refractivity contribution is 1.22. The van der Waals surface area contributed by atoms with Crippen LogP contribution in [-0.2, 0) is 0 Å². The highest BCUT2D eigenvalue weighted by Crippen LogP contribution is 2.03. The molecule has 0 atom stereocenters. The third-order valence-electron chi connectivity index (χ3n) is 1.31. The Balaban J connectivity index is 2.96. The van der Waals surface area contributed by atoms with Crippen LogP contribution in [0.4, 0.5) is 0 Å². The molecule has 0 bridgehead atoms. The number of aromatic nitrogens is 1. The monoisotopic (exact) mass is 259 g/mol. The van der Waals surface area contributed by atoms with E-state index in [-0.39, 0.29) is 5.56 Å². The van der Waals surface area contributed by atoms with E-state index < -0.39 is 0 Å². The van der Waals surface area contributed by atoms with Crippen molar-refractivity contribution in [2.75, 3.05) is 5.33 Å². The van der Waals surface area contributed by atoms with E-state index in [1.807, 2.05) is 0 Å². The molecule has 0 saturated carbocycles. The summed E-state index contributed by atoms with van der Waals surface area (Å²) in [5.41, 5.74) is 0.208. The number of rotatable bonds is 1. The Morgan fingerprint density at radius 1 is 1.62 bits per heavy atom. The Morgan fingerprint density at radius 2 is 2.38 bits per heavy atom. The molecule has 0 aliphatic rings. The summed E-state index contributed by atoms with van der Waals surface area (Å²) in [7, 11) is 0. The van der Waals surface area contributed by atoms with Gasteiger partial charge in [0.25, 0.3) is 5.56 Å². The Bertz CT molecular complexity index is 402. The average molecular weight is 261 g/mol. The predicted octanol–water partition coefficient (Wildman–Crippen LogP) is 2.16. The van der Waals surface area contributed by atoms with Crippen LogP contribution < -0.4 is 5.56 Å². The molecule has 0 saturated heterocycles. The lowest BCUT2D eigenvalue weighted by Crippen LogP contribution is -2.08. The van der Waals surface area contributed by atoms with Crippen LogP contribution in [0, 0.1) is 11.8 Å². The van der Waals surface area contributed by atoms with Crippen LogP contribution in [0.25, 0.3) is 0 Å². The number of hydrogen-bond acceptors (Lipinski definition) is 1. The van der Waals surface area contributed by atoms with Crippen LogP contribution in [0.3, 0.4) is 0 Å². The van der Waals surface area contributed by atoms with Crippen molar-refractivity contribution >= 4 is 27.5 Å². The zero-order valence-corrected chi connectivity index (χ0v) is 9.08. The second-order valence-electron chi connectivity index (χ2n) is 2.30. The first-order chi connectivity index (χ1) is 6.24. The van der Waals surface area contributed by atoms with Gasteiger partial charge in [0, 0.05) is 17.9 Å². The van der Waals surface area contributed by atoms with Crippen LogP contribution in [0.2, 0.25) is 5.02 Å². The van der Waals surface area contributed by atoms with Gasteiger partial charge in [-0.05, 0) is 6.07 Å². The highest BCUT2D eigenvalue weighted by Gasteiger charge is 1.95. The van der Waals surface area contributed by atoms with Crippen molar-refractivity contribution in [3.63, 3.8) is 0 Å². The molecule has 1 aromatic rings. The van der Waals surface area contributed by atoms with Gasteiger partial charge in [-0.25, -0.2) is 0 Å². The van der Waals surface area contributed by atoms with Gasteiger partial charge in [0.15, 0.2) is 0 Å². The molecule has 1 N–H and O–H groups in total. The largest absolute Gasteiger partial charge is 0.327 e. The van der Waals surface area contributed by atoms with Gasteiger partial charge in [-0.1, -0.05) is 39.4 Å². The van der Waals surface area contributed by atoms with Gasteiger partial charge in [-0.15, -0.1) is 0 Å². The summed E-state index contributed by atoms with van der Waals surface area (Å²) in [6, 6.07) is 1.56. The van der Waals surface area contributed by atoms with E-state index in [4.69, 9.17) is 11.6 Å². The Kier molecular flexibility index (Phi) is 4.07. The topological polar surface area (TPSA) is 32.9 Å². The molecular formula is C9H7BrClNO. The zero-order chi connectivity index (χ0) is 9.68. The van der Waals surface area contributed by atoms with E-state index in [0.717, 1.165) is 5.33 Å². The number of H-pyrrole nitrogens is 1. The van der Waals surface area contributed by atoms with Crippen LogP contribution in [0.1, 0.15) is 12.0 Å². The maximum absolute atomic E-state index is 11.1. The predicted molar refractivity (Wildman–Crippen MR) is 57.4 cm³/mol. The third kappa shape index (κ3) is 3.25. The van der Waals surface area contributed by atoms with Gasteiger partial charge in [0.2, 0.25) is 0 Å². The molecule has 68 valence electrons. The van der Waals surface area contributed by atoms with Crippen molar-refractivity contribution in [3.8, 4) is 11.8 Å². The smallest absolute Gasteiger partial charge is 0.263 e. The van der Waals surface area contributed by atoms with E-state index in [2.05, 4.69) is 32.8 Å². The van der Waals surface area contributed by atoms with E-state index in [1.165, 1.54) is 6.20 Å². The van der Waals surface area contributed by atoms with Gasteiger partial charge < -0.3 is 4.98 Å². The van der Waals surface area contributed by atoms with Crippen molar-refractivity contribution in [2.24, 2.45) is 0 Å². The minimum atomic E-state index is -0.202. The first-order valence-corrected chi connectivity index (χ1v) is 5.17. The van der Waals surface area contributed by atoms with Gasteiger partial charge >= 0.3 is 0 Å². The maximum Gasteiger partial charge on any atom is 0.263 e. The quantitative estimate of drug-likeness (QED) is 0.609. The number of halogens is 2. The number of pyridine rings is 1.